The van der Waals surface area contributed by atoms with Crippen molar-refractivity contribution < 1.29 is 24.1 Å². The van der Waals surface area contributed by atoms with Gasteiger partial charge in [0.25, 0.3) is 0 Å². The van der Waals surface area contributed by atoms with E-state index in [1.54, 1.807) is 7.11 Å². The van der Waals surface area contributed by atoms with Gasteiger partial charge < -0.3 is 19.3 Å². The number of ether oxygens (including phenoxy) is 3. The number of rotatable bonds is 2. The molecule has 0 unspecified atom stereocenters. The van der Waals surface area contributed by atoms with Crippen LogP contribution in [0.1, 0.15) is 47.1 Å². The number of fused-ring (bicyclic) bond motifs is 3. The third-order valence-corrected chi connectivity index (χ3v) is 6.22. The first-order valence-electron chi connectivity index (χ1n) is 9.36. The van der Waals surface area contributed by atoms with Crippen molar-refractivity contribution in [1.29, 1.82) is 0 Å². The number of ketones is 1. The Bertz CT molecular complexity index is 935. The highest BCUT2D eigenvalue weighted by molar-refractivity contribution is 5.86. The van der Waals surface area contributed by atoms with Gasteiger partial charge in [-0.25, -0.2) is 0 Å². The summed E-state index contributed by atoms with van der Waals surface area (Å²) in [5.41, 5.74) is 3.93. The molecule has 0 saturated heterocycles. The highest BCUT2D eigenvalue weighted by atomic mass is 16.7. The summed E-state index contributed by atoms with van der Waals surface area (Å²) >= 11 is 0. The zero-order chi connectivity index (χ0) is 18.7. The zero-order valence-electron chi connectivity index (χ0n) is 15.4. The molecule has 2 aromatic rings. The Labute approximate surface area is 157 Å². The van der Waals surface area contributed by atoms with Gasteiger partial charge in [0, 0.05) is 24.2 Å². The average molecular weight is 366 g/mol. The van der Waals surface area contributed by atoms with Gasteiger partial charge >= 0.3 is 0 Å². The molecule has 1 fully saturated rings. The molecule has 2 aromatic carbocycles. The molecule has 1 N–H and O–H groups in total. The van der Waals surface area contributed by atoms with Crippen molar-refractivity contribution in [3.8, 4) is 17.2 Å². The number of hydrogen-bond acceptors (Lipinski definition) is 5. The second-order valence-corrected chi connectivity index (χ2v) is 7.74. The lowest BCUT2D eigenvalue weighted by Gasteiger charge is -2.38. The van der Waals surface area contributed by atoms with Crippen molar-refractivity contribution in [2.24, 2.45) is 11.8 Å². The SMILES string of the molecule is COc1cc(C)cc([C@@H]2c3cc4c(cc3[C@H](O)[C@H]3CCC(=O)[C@@H]23)OCO4)c1. The molecule has 5 rings (SSSR count). The molecule has 0 aromatic heterocycles. The van der Waals surface area contributed by atoms with Crippen molar-refractivity contribution in [3.05, 3.63) is 52.6 Å². The van der Waals surface area contributed by atoms with Crippen LogP contribution in [0.3, 0.4) is 0 Å². The first kappa shape index (κ1) is 16.6. The molecule has 5 nitrogen and oxygen atoms in total. The number of aliphatic hydroxyl groups excluding tert-OH is 1. The van der Waals surface area contributed by atoms with Gasteiger partial charge in [-0.1, -0.05) is 6.07 Å². The monoisotopic (exact) mass is 366 g/mol. The van der Waals surface area contributed by atoms with E-state index < -0.39 is 6.10 Å². The predicted octanol–water partition coefficient (Wildman–Crippen LogP) is 3.51. The Balaban J connectivity index is 1.74. The topological polar surface area (TPSA) is 65.0 Å². The van der Waals surface area contributed by atoms with Crippen LogP contribution in [0.15, 0.2) is 30.3 Å². The van der Waals surface area contributed by atoms with Gasteiger partial charge in [0.15, 0.2) is 11.5 Å². The number of carbonyl (C=O) groups excluding carboxylic acids is 1. The van der Waals surface area contributed by atoms with Crippen LogP contribution in [-0.2, 0) is 4.79 Å². The Morgan fingerprint density at radius 3 is 2.56 bits per heavy atom. The van der Waals surface area contributed by atoms with Crippen LogP contribution in [0.4, 0.5) is 0 Å². The van der Waals surface area contributed by atoms with Crippen LogP contribution >= 0.6 is 0 Å². The number of aliphatic hydroxyl groups is 1. The van der Waals surface area contributed by atoms with Gasteiger partial charge in [-0.05, 0) is 59.9 Å². The molecule has 4 atom stereocenters. The molecule has 1 heterocycles. The molecule has 5 heteroatoms. The van der Waals surface area contributed by atoms with Crippen LogP contribution < -0.4 is 14.2 Å². The molecule has 1 saturated carbocycles. The van der Waals surface area contributed by atoms with E-state index in [2.05, 4.69) is 6.07 Å². The summed E-state index contributed by atoms with van der Waals surface area (Å²) in [6.07, 6.45) is 0.582. The lowest BCUT2D eigenvalue weighted by atomic mass is 9.66. The zero-order valence-corrected chi connectivity index (χ0v) is 15.4. The Morgan fingerprint density at radius 2 is 1.81 bits per heavy atom. The number of Topliss-reactive ketones (excluding diaryl/α,β-unsaturated/α-hetero) is 1. The highest BCUT2D eigenvalue weighted by Crippen LogP contribution is 2.56. The quantitative estimate of drug-likeness (QED) is 0.881. The summed E-state index contributed by atoms with van der Waals surface area (Å²) in [6.45, 7) is 2.21. The summed E-state index contributed by atoms with van der Waals surface area (Å²) in [6, 6.07) is 9.94. The minimum atomic E-state index is -0.658. The van der Waals surface area contributed by atoms with E-state index in [1.807, 2.05) is 31.2 Å². The number of carbonyl (C=O) groups is 1. The number of benzene rings is 2. The molecule has 1 aliphatic heterocycles. The molecule has 3 aliphatic rings. The van der Waals surface area contributed by atoms with Gasteiger partial charge in [-0.2, -0.15) is 0 Å². The van der Waals surface area contributed by atoms with Crippen LogP contribution in [0, 0.1) is 18.8 Å². The standard InChI is InChI=1S/C22H22O5/c1-11-5-12(7-13(6-11)25-2)20-15-8-18-19(27-10-26-18)9-16(15)22(24)14-3-4-17(23)21(14)20/h5-9,14,20-22,24H,3-4,10H2,1-2H3/t14-,20+,21-,22+/m0/s1. The van der Waals surface area contributed by atoms with E-state index in [4.69, 9.17) is 14.2 Å². The van der Waals surface area contributed by atoms with Gasteiger partial charge in [0.1, 0.15) is 11.5 Å². The van der Waals surface area contributed by atoms with E-state index >= 15 is 0 Å². The number of hydrogen-bond donors (Lipinski definition) is 1. The third kappa shape index (κ3) is 2.45. The summed E-state index contributed by atoms with van der Waals surface area (Å²) in [5, 5.41) is 11.0. The molecule has 0 amide bonds. The third-order valence-electron chi connectivity index (χ3n) is 6.22. The summed E-state index contributed by atoms with van der Waals surface area (Å²) in [7, 11) is 1.65. The first-order valence-corrected chi connectivity index (χ1v) is 9.36. The maximum absolute atomic E-state index is 12.8. The van der Waals surface area contributed by atoms with Crippen molar-refractivity contribution in [1.82, 2.24) is 0 Å². The minimum absolute atomic E-state index is 0.0677. The molecule has 0 radical (unpaired) electrons. The van der Waals surface area contributed by atoms with E-state index in [0.29, 0.717) is 17.9 Å². The van der Waals surface area contributed by atoms with Gasteiger partial charge in [-0.15, -0.1) is 0 Å². The second-order valence-electron chi connectivity index (χ2n) is 7.74. The van der Waals surface area contributed by atoms with E-state index in [1.165, 1.54) is 0 Å². The lowest BCUT2D eigenvalue weighted by Crippen LogP contribution is -2.33. The van der Waals surface area contributed by atoms with E-state index in [9.17, 15) is 9.90 Å². The van der Waals surface area contributed by atoms with Gasteiger partial charge in [0.2, 0.25) is 6.79 Å². The van der Waals surface area contributed by atoms with E-state index in [0.717, 1.165) is 34.4 Å². The van der Waals surface area contributed by atoms with Crippen molar-refractivity contribution >= 4 is 5.78 Å². The van der Waals surface area contributed by atoms with Crippen molar-refractivity contribution in [2.45, 2.75) is 31.8 Å². The van der Waals surface area contributed by atoms with Crippen molar-refractivity contribution in [2.75, 3.05) is 13.9 Å². The molecule has 140 valence electrons. The molecule has 0 bridgehead atoms. The Morgan fingerprint density at radius 1 is 1.07 bits per heavy atom. The molecular formula is C22H22O5. The predicted molar refractivity (Wildman–Crippen MR) is 98.3 cm³/mol. The van der Waals surface area contributed by atoms with Crippen LogP contribution in [0.2, 0.25) is 0 Å². The lowest BCUT2D eigenvalue weighted by molar-refractivity contribution is -0.122. The molecule has 27 heavy (non-hydrogen) atoms. The maximum Gasteiger partial charge on any atom is 0.231 e. The van der Waals surface area contributed by atoms with Crippen molar-refractivity contribution in [3.63, 3.8) is 0 Å². The van der Waals surface area contributed by atoms with E-state index in [-0.39, 0.29) is 30.3 Å². The first-order chi connectivity index (χ1) is 13.1. The molecule has 0 spiro atoms. The maximum atomic E-state index is 12.8. The minimum Gasteiger partial charge on any atom is -0.497 e. The fourth-order valence-electron chi connectivity index (χ4n) is 5.07. The molecule has 2 aliphatic carbocycles. The Hall–Kier alpha value is -2.53. The molecular weight excluding hydrogens is 344 g/mol. The van der Waals surface area contributed by atoms with Crippen LogP contribution in [0.5, 0.6) is 17.2 Å². The average Bonchev–Trinajstić information content (AvgIpc) is 3.27. The summed E-state index contributed by atoms with van der Waals surface area (Å²) < 4.78 is 16.6. The smallest absolute Gasteiger partial charge is 0.231 e. The normalized spacial score (nSPS) is 28.0. The summed E-state index contributed by atoms with van der Waals surface area (Å²) in [4.78, 5) is 12.8. The fourth-order valence-corrected chi connectivity index (χ4v) is 5.07. The van der Waals surface area contributed by atoms with Crippen LogP contribution in [0.25, 0.3) is 0 Å². The van der Waals surface area contributed by atoms with Gasteiger partial charge in [-0.3, -0.25) is 4.79 Å². The second kappa shape index (κ2) is 5.99. The largest absolute Gasteiger partial charge is 0.497 e. The Kier molecular flexibility index (Phi) is 3.69. The summed E-state index contributed by atoms with van der Waals surface area (Å²) in [5.74, 6) is 1.94. The van der Waals surface area contributed by atoms with Crippen LogP contribution in [-0.4, -0.2) is 24.8 Å². The number of methoxy groups -OCH3 is 1. The van der Waals surface area contributed by atoms with Gasteiger partial charge in [0.05, 0.1) is 13.2 Å². The highest BCUT2D eigenvalue weighted by Gasteiger charge is 2.50. The fraction of sp³-hybridized carbons (Fsp3) is 0.409. The number of aryl methyl sites for hydroxylation is 1.